The molecule has 94 valence electrons. The van der Waals surface area contributed by atoms with Gasteiger partial charge in [-0.15, -0.1) is 0 Å². The van der Waals surface area contributed by atoms with Crippen LogP contribution in [-0.4, -0.2) is 11.4 Å². The van der Waals surface area contributed by atoms with Gasteiger partial charge in [-0.05, 0) is 50.1 Å². The molecular formula is C16H19NO. The first-order chi connectivity index (χ1) is 8.37. The van der Waals surface area contributed by atoms with Crippen molar-refractivity contribution in [2.45, 2.75) is 33.2 Å². The van der Waals surface area contributed by atoms with E-state index in [0.717, 1.165) is 16.5 Å². The highest BCUT2D eigenvalue weighted by Gasteiger charge is 2.17. The molecule has 2 aromatic carbocycles. The van der Waals surface area contributed by atoms with Crippen LogP contribution in [0.2, 0.25) is 0 Å². The van der Waals surface area contributed by atoms with Gasteiger partial charge in [0.1, 0.15) is 0 Å². The smallest absolute Gasteiger partial charge is 0.251 e. The molecule has 0 aromatic heterocycles. The van der Waals surface area contributed by atoms with Crippen molar-refractivity contribution in [1.29, 1.82) is 0 Å². The lowest BCUT2D eigenvalue weighted by Crippen LogP contribution is -2.40. The van der Waals surface area contributed by atoms with Crippen LogP contribution >= 0.6 is 0 Å². The highest BCUT2D eigenvalue weighted by atomic mass is 16.1. The topological polar surface area (TPSA) is 29.1 Å². The standard InChI is InChI=1S/C16H19NO/c1-11-9-12-7-5-6-8-13(12)10-14(11)15(18)17-16(2,3)4/h5-10H,1-4H3,(H,17,18). The van der Waals surface area contributed by atoms with E-state index < -0.39 is 0 Å². The summed E-state index contributed by atoms with van der Waals surface area (Å²) in [4.78, 5) is 12.2. The Morgan fingerprint density at radius 3 is 2.17 bits per heavy atom. The molecule has 0 fully saturated rings. The summed E-state index contributed by atoms with van der Waals surface area (Å²) >= 11 is 0. The molecule has 0 bridgehead atoms. The van der Waals surface area contributed by atoms with Crippen molar-refractivity contribution in [2.24, 2.45) is 0 Å². The first kappa shape index (κ1) is 12.6. The number of amides is 1. The molecular weight excluding hydrogens is 222 g/mol. The second-order valence-corrected chi connectivity index (χ2v) is 5.72. The molecule has 0 radical (unpaired) electrons. The van der Waals surface area contributed by atoms with Crippen molar-refractivity contribution in [1.82, 2.24) is 5.32 Å². The summed E-state index contributed by atoms with van der Waals surface area (Å²) in [7, 11) is 0. The van der Waals surface area contributed by atoms with Crippen molar-refractivity contribution < 1.29 is 4.79 Å². The minimum absolute atomic E-state index is 0.00856. The fraction of sp³-hybridized carbons (Fsp3) is 0.312. The number of aryl methyl sites for hydroxylation is 1. The van der Waals surface area contributed by atoms with Crippen LogP contribution in [0, 0.1) is 6.92 Å². The first-order valence-corrected chi connectivity index (χ1v) is 6.19. The third-order valence-corrected chi connectivity index (χ3v) is 2.83. The van der Waals surface area contributed by atoms with Gasteiger partial charge in [-0.2, -0.15) is 0 Å². The van der Waals surface area contributed by atoms with Crippen LogP contribution in [0.4, 0.5) is 0 Å². The molecule has 0 aliphatic heterocycles. The molecule has 2 heteroatoms. The van der Waals surface area contributed by atoms with E-state index in [4.69, 9.17) is 0 Å². The number of nitrogens with one attached hydrogen (secondary N) is 1. The number of carbonyl (C=O) groups is 1. The van der Waals surface area contributed by atoms with Crippen LogP contribution in [0.1, 0.15) is 36.7 Å². The van der Waals surface area contributed by atoms with Gasteiger partial charge in [-0.25, -0.2) is 0 Å². The van der Waals surface area contributed by atoms with Crippen LogP contribution in [0.25, 0.3) is 10.8 Å². The third kappa shape index (κ3) is 2.70. The van der Waals surface area contributed by atoms with Gasteiger partial charge >= 0.3 is 0 Å². The number of fused-ring (bicyclic) bond motifs is 1. The van der Waals surface area contributed by atoms with Gasteiger partial charge in [-0.3, -0.25) is 4.79 Å². The molecule has 0 unspecified atom stereocenters. The fourth-order valence-corrected chi connectivity index (χ4v) is 2.01. The summed E-state index contributed by atoms with van der Waals surface area (Å²) in [6, 6.07) is 12.1. The van der Waals surface area contributed by atoms with E-state index in [9.17, 15) is 4.79 Å². The Bertz CT molecular complexity index is 594. The van der Waals surface area contributed by atoms with Crippen molar-refractivity contribution >= 4 is 16.7 Å². The Hall–Kier alpha value is -1.83. The minimum Gasteiger partial charge on any atom is -0.347 e. The summed E-state index contributed by atoms with van der Waals surface area (Å²) in [5.41, 5.74) is 1.55. The summed E-state index contributed by atoms with van der Waals surface area (Å²) in [5.74, 6) is -0.00856. The van der Waals surface area contributed by atoms with E-state index in [0.29, 0.717) is 0 Å². The van der Waals surface area contributed by atoms with Gasteiger partial charge in [0.15, 0.2) is 0 Å². The van der Waals surface area contributed by atoms with E-state index in [-0.39, 0.29) is 11.4 Å². The maximum atomic E-state index is 12.2. The molecule has 18 heavy (non-hydrogen) atoms. The number of hydrogen-bond acceptors (Lipinski definition) is 1. The van der Waals surface area contributed by atoms with Crippen LogP contribution < -0.4 is 5.32 Å². The molecule has 0 saturated carbocycles. The molecule has 0 atom stereocenters. The molecule has 0 aliphatic rings. The lowest BCUT2D eigenvalue weighted by molar-refractivity contribution is 0.0919. The van der Waals surface area contributed by atoms with Crippen molar-refractivity contribution in [2.75, 3.05) is 0 Å². The zero-order chi connectivity index (χ0) is 13.3. The number of benzene rings is 2. The summed E-state index contributed by atoms with van der Waals surface area (Å²) < 4.78 is 0. The number of hydrogen-bond donors (Lipinski definition) is 1. The molecule has 0 aliphatic carbocycles. The Morgan fingerprint density at radius 1 is 1.06 bits per heavy atom. The molecule has 0 saturated heterocycles. The maximum absolute atomic E-state index is 12.2. The SMILES string of the molecule is Cc1cc2ccccc2cc1C(=O)NC(C)(C)C. The van der Waals surface area contributed by atoms with Crippen molar-refractivity contribution in [3.63, 3.8) is 0 Å². The van der Waals surface area contributed by atoms with Gasteiger partial charge in [0.25, 0.3) is 5.91 Å². The predicted octanol–water partition coefficient (Wildman–Crippen LogP) is 3.68. The zero-order valence-corrected chi connectivity index (χ0v) is 11.4. The van der Waals surface area contributed by atoms with Gasteiger partial charge in [0.2, 0.25) is 0 Å². The van der Waals surface area contributed by atoms with Crippen LogP contribution in [0.3, 0.4) is 0 Å². The lowest BCUT2D eigenvalue weighted by atomic mass is 10.00. The predicted molar refractivity (Wildman–Crippen MR) is 75.9 cm³/mol. The van der Waals surface area contributed by atoms with E-state index in [1.54, 1.807) is 0 Å². The van der Waals surface area contributed by atoms with Gasteiger partial charge in [0, 0.05) is 11.1 Å². The Morgan fingerprint density at radius 2 is 1.61 bits per heavy atom. The third-order valence-electron chi connectivity index (χ3n) is 2.83. The molecule has 1 amide bonds. The monoisotopic (exact) mass is 241 g/mol. The van der Waals surface area contributed by atoms with Crippen LogP contribution in [0.5, 0.6) is 0 Å². The molecule has 2 rings (SSSR count). The van der Waals surface area contributed by atoms with E-state index in [1.807, 2.05) is 52.0 Å². The Labute approximate surface area is 108 Å². The molecule has 0 spiro atoms. The second kappa shape index (κ2) is 4.45. The largest absolute Gasteiger partial charge is 0.347 e. The second-order valence-electron chi connectivity index (χ2n) is 5.72. The summed E-state index contributed by atoms with van der Waals surface area (Å²) in [6.07, 6.45) is 0. The Balaban J connectivity index is 2.45. The zero-order valence-electron chi connectivity index (χ0n) is 11.4. The highest BCUT2D eigenvalue weighted by Crippen LogP contribution is 2.20. The quantitative estimate of drug-likeness (QED) is 0.810. The first-order valence-electron chi connectivity index (χ1n) is 6.19. The summed E-state index contributed by atoms with van der Waals surface area (Å²) in [5, 5.41) is 5.27. The molecule has 2 nitrogen and oxygen atoms in total. The van der Waals surface area contributed by atoms with Gasteiger partial charge < -0.3 is 5.32 Å². The van der Waals surface area contributed by atoms with Gasteiger partial charge in [-0.1, -0.05) is 30.3 Å². The normalized spacial score (nSPS) is 11.6. The average molecular weight is 241 g/mol. The average Bonchev–Trinajstić information content (AvgIpc) is 2.25. The highest BCUT2D eigenvalue weighted by molar-refractivity contribution is 6.00. The summed E-state index contributed by atoms with van der Waals surface area (Å²) in [6.45, 7) is 7.94. The molecule has 0 heterocycles. The fourth-order valence-electron chi connectivity index (χ4n) is 2.01. The number of rotatable bonds is 1. The number of carbonyl (C=O) groups excluding carboxylic acids is 1. The van der Waals surface area contributed by atoms with E-state index in [1.165, 1.54) is 5.39 Å². The van der Waals surface area contributed by atoms with Crippen molar-refractivity contribution in [3.05, 3.63) is 47.5 Å². The van der Waals surface area contributed by atoms with Crippen molar-refractivity contribution in [3.8, 4) is 0 Å². The molecule has 2 aromatic rings. The minimum atomic E-state index is -0.213. The van der Waals surface area contributed by atoms with Gasteiger partial charge in [0.05, 0.1) is 0 Å². The van der Waals surface area contributed by atoms with Crippen LogP contribution in [0.15, 0.2) is 36.4 Å². The van der Waals surface area contributed by atoms with Crippen LogP contribution in [-0.2, 0) is 0 Å². The maximum Gasteiger partial charge on any atom is 0.251 e. The van der Waals surface area contributed by atoms with E-state index >= 15 is 0 Å². The Kier molecular flexibility index (Phi) is 3.12. The van der Waals surface area contributed by atoms with E-state index in [2.05, 4.69) is 17.4 Å². The molecule has 1 N–H and O–H groups in total. The lowest BCUT2D eigenvalue weighted by Gasteiger charge is -2.21.